The van der Waals surface area contributed by atoms with E-state index in [1.165, 1.54) is 0 Å². The Balaban J connectivity index is 2.31. The molecule has 1 aromatic rings. The number of hydrogen-bond acceptors (Lipinski definition) is 4. The lowest BCUT2D eigenvalue weighted by molar-refractivity contribution is -0.151. The summed E-state index contributed by atoms with van der Waals surface area (Å²) in [5, 5.41) is 0. The van der Waals surface area contributed by atoms with Gasteiger partial charge in [0.1, 0.15) is 11.3 Å². The molecular formula is C14H19NO3. The Labute approximate surface area is 107 Å². The molecule has 0 bridgehead atoms. The summed E-state index contributed by atoms with van der Waals surface area (Å²) in [6, 6.07) is 7.32. The highest BCUT2D eigenvalue weighted by atomic mass is 16.5. The summed E-state index contributed by atoms with van der Waals surface area (Å²) in [6.45, 7) is 2.14. The number of carbonyl (C=O) groups excluding carboxylic acids is 1. The first-order valence-electron chi connectivity index (χ1n) is 6.23. The molecule has 0 aromatic heterocycles. The largest absolute Gasteiger partial charge is 0.497 e. The van der Waals surface area contributed by atoms with Gasteiger partial charge in [0, 0.05) is 0 Å². The van der Waals surface area contributed by atoms with Gasteiger partial charge in [0.05, 0.1) is 13.7 Å². The highest BCUT2D eigenvalue weighted by molar-refractivity contribution is 5.83. The van der Waals surface area contributed by atoms with Crippen LogP contribution in [0.4, 0.5) is 0 Å². The van der Waals surface area contributed by atoms with Crippen LogP contribution in [0.2, 0.25) is 0 Å². The molecule has 1 aromatic carbocycles. The zero-order chi connectivity index (χ0) is 13.2. The SMILES string of the molecule is CCOC(=O)C(N)(c1ccc(OC)cc1)C1CC1. The van der Waals surface area contributed by atoms with Gasteiger partial charge in [0.25, 0.3) is 0 Å². The van der Waals surface area contributed by atoms with E-state index in [0.29, 0.717) is 6.61 Å². The van der Waals surface area contributed by atoms with Crippen LogP contribution in [0.15, 0.2) is 24.3 Å². The van der Waals surface area contributed by atoms with Gasteiger partial charge in [-0.3, -0.25) is 0 Å². The molecule has 2 rings (SSSR count). The predicted octanol–water partition coefficient (Wildman–Crippen LogP) is 1.82. The molecule has 98 valence electrons. The van der Waals surface area contributed by atoms with Gasteiger partial charge in [-0.1, -0.05) is 12.1 Å². The van der Waals surface area contributed by atoms with Gasteiger partial charge in [-0.25, -0.2) is 4.79 Å². The van der Waals surface area contributed by atoms with Gasteiger partial charge in [-0.05, 0) is 43.4 Å². The third kappa shape index (κ3) is 2.20. The molecule has 18 heavy (non-hydrogen) atoms. The van der Waals surface area contributed by atoms with Crippen molar-refractivity contribution >= 4 is 5.97 Å². The second-order valence-corrected chi connectivity index (χ2v) is 4.59. The smallest absolute Gasteiger partial charge is 0.331 e. The number of rotatable bonds is 5. The Bertz CT molecular complexity index is 425. The lowest BCUT2D eigenvalue weighted by Gasteiger charge is -2.27. The van der Waals surface area contributed by atoms with Gasteiger partial charge in [0.15, 0.2) is 0 Å². The molecule has 1 aliphatic carbocycles. The minimum Gasteiger partial charge on any atom is -0.497 e. The van der Waals surface area contributed by atoms with Gasteiger partial charge in [-0.15, -0.1) is 0 Å². The fraction of sp³-hybridized carbons (Fsp3) is 0.500. The normalized spacial score (nSPS) is 17.9. The van der Waals surface area contributed by atoms with E-state index in [-0.39, 0.29) is 11.9 Å². The van der Waals surface area contributed by atoms with Crippen molar-refractivity contribution in [1.29, 1.82) is 0 Å². The highest BCUT2D eigenvalue weighted by Crippen LogP contribution is 2.45. The number of hydrogen-bond donors (Lipinski definition) is 1. The summed E-state index contributed by atoms with van der Waals surface area (Å²) in [4.78, 5) is 12.1. The maximum Gasteiger partial charge on any atom is 0.331 e. The van der Waals surface area contributed by atoms with Crippen molar-refractivity contribution in [2.75, 3.05) is 13.7 Å². The van der Waals surface area contributed by atoms with Gasteiger partial charge in [0.2, 0.25) is 0 Å². The molecule has 1 atom stereocenters. The Morgan fingerprint density at radius 3 is 2.44 bits per heavy atom. The van der Waals surface area contributed by atoms with Crippen LogP contribution in [0.3, 0.4) is 0 Å². The van der Waals surface area contributed by atoms with E-state index in [1.807, 2.05) is 24.3 Å². The number of ether oxygens (including phenoxy) is 2. The zero-order valence-corrected chi connectivity index (χ0v) is 10.8. The van der Waals surface area contributed by atoms with Gasteiger partial charge in [-0.2, -0.15) is 0 Å². The molecule has 1 unspecified atom stereocenters. The first-order valence-corrected chi connectivity index (χ1v) is 6.23. The molecule has 0 heterocycles. The minimum atomic E-state index is -1.01. The minimum absolute atomic E-state index is 0.185. The molecule has 0 radical (unpaired) electrons. The number of benzene rings is 1. The molecule has 0 amide bonds. The molecule has 0 saturated heterocycles. The van der Waals surface area contributed by atoms with Crippen molar-refractivity contribution in [3.05, 3.63) is 29.8 Å². The van der Waals surface area contributed by atoms with E-state index in [2.05, 4.69) is 0 Å². The first kappa shape index (κ1) is 12.9. The van der Waals surface area contributed by atoms with Crippen molar-refractivity contribution in [3.8, 4) is 5.75 Å². The second kappa shape index (κ2) is 4.98. The van der Waals surface area contributed by atoms with Gasteiger partial charge >= 0.3 is 5.97 Å². The maximum atomic E-state index is 12.1. The molecule has 4 nitrogen and oxygen atoms in total. The van der Waals surface area contributed by atoms with Crippen molar-refractivity contribution < 1.29 is 14.3 Å². The second-order valence-electron chi connectivity index (χ2n) is 4.59. The first-order chi connectivity index (χ1) is 8.62. The average Bonchev–Trinajstić information content (AvgIpc) is 3.23. The summed E-state index contributed by atoms with van der Waals surface area (Å²) in [6.07, 6.45) is 1.95. The van der Waals surface area contributed by atoms with E-state index in [9.17, 15) is 4.79 Å². The van der Waals surface area contributed by atoms with Crippen LogP contribution in [0, 0.1) is 5.92 Å². The fourth-order valence-electron chi connectivity index (χ4n) is 2.18. The van der Waals surface area contributed by atoms with Crippen LogP contribution in [0.1, 0.15) is 25.3 Å². The molecule has 1 saturated carbocycles. The topological polar surface area (TPSA) is 61.5 Å². The summed E-state index contributed by atoms with van der Waals surface area (Å²) in [7, 11) is 1.61. The van der Waals surface area contributed by atoms with E-state index in [4.69, 9.17) is 15.2 Å². The third-order valence-electron chi connectivity index (χ3n) is 3.40. The van der Waals surface area contributed by atoms with Crippen molar-refractivity contribution in [1.82, 2.24) is 0 Å². The summed E-state index contributed by atoms with van der Waals surface area (Å²) in [5.41, 5.74) is 6.11. The number of carbonyl (C=O) groups is 1. The van der Waals surface area contributed by atoms with E-state index in [1.54, 1.807) is 14.0 Å². The lowest BCUT2D eigenvalue weighted by atomic mass is 9.86. The number of methoxy groups -OCH3 is 1. The monoisotopic (exact) mass is 249 g/mol. The standard InChI is InChI=1S/C14H19NO3/c1-3-18-13(16)14(15,10-4-5-10)11-6-8-12(17-2)9-7-11/h6-10H,3-5,15H2,1-2H3. The molecular weight excluding hydrogens is 230 g/mol. The summed E-state index contributed by atoms with van der Waals surface area (Å²) in [5.74, 6) is 0.600. The molecule has 1 fully saturated rings. The van der Waals surface area contributed by atoms with Crippen molar-refractivity contribution in [2.24, 2.45) is 11.7 Å². The molecule has 2 N–H and O–H groups in total. The van der Waals surface area contributed by atoms with Gasteiger partial charge < -0.3 is 15.2 Å². The van der Waals surface area contributed by atoms with Crippen molar-refractivity contribution in [3.63, 3.8) is 0 Å². The Morgan fingerprint density at radius 1 is 1.39 bits per heavy atom. The van der Waals surface area contributed by atoms with Crippen LogP contribution in [-0.4, -0.2) is 19.7 Å². The van der Waals surface area contributed by atoms with Crippen molar-refractivity contribution in [2.45, 2.75) is 25.3 Å². The predicted molar refractivity (Wildman–Crippen MR) is 68.2 cm³/mol. The van der Waals surface area contributed by atoms with Crippen LogP contribution < -0.4 is 10.5 Å². The van der Waals surface area contributed by atoms with E-state index >= 15 is 0 Å². The summed E-state index contributed by atoms with van der Waals surface area (Å²) >= 11 is 0. The van der Waals surface area contributed by atoms with Crippen LogP contribution >= 0.6 is 0 Å². The molecule has 0 aliphatic heterocycles. The highest BCUT2D eigenvalue weighted by Gasteiger charge is 2.50. The lowest BCUT2D eigenvalue weighted by Crippen LogP contribution is -2.48. The fourth-order valence-corrected chi connectivity index (χ4v) is 2.18. The average molecular weight is 249 g/mol. The van der Waals surface area contributed by atoms with Crippen LogP contribution in [-0.2, 0) is 15.1 Å². The quantitative estimate of drug-likeness (QED) is 0.809. The third-order valence-corrected chi connectivity index (χ3v) is 3.40. The maximum absolute atomic E-state index is 12.1. The molecule has 1 aliphatic rings. The van der Waals surface area contributed by atoms with Crippen LogP contribution in [0.25, 0.3) is 0 Å². The zero-order valence-electron chi connectivity index (χ0n) is 10.8. The Kier molecular flexibility index (Phi) is 3.57. The van der Waals surface area contributed by atoms with E-state index in [0.717, 1.165) is 24.2 Å². The molecule has 0 spiro atoms. The Morgan fingerprint density at radius 2 is 2.00 bits per heavy atom. The number of nitrogens with two attached hydrogens (primary N) is 1. The molecule has 4 heteroatoms. The Hall–Kier alpha value is -1.55. The van der Waals surface area contributed by atoms with Crippen LogP contribution in [0.5, 0.6) is 5.75 Å². The number of esters is 1. The van der Waals surface area contributed by atoms with E-state index < -0.39 is 5.54 Å². The summed E-state index contributed by atoms with van der Waals surface area (Å²) < 4.78 is 10.2.